The molecule has 0 aliphatic rings. The molecule has 0 unspecified atom stereocenters. The standard InChI is InChI=1S/C29H22F3N7O2/c1-18(27-37-26-23(3-2-12-36-26)28(41)39(27)22-10-6-20(16-33)7-11-22)38(17-24-34-13-14-35-24)25(40)15-19-4-8-21(9-5-19)29(30,31)32/h2-14,18H,15,17H2,1H3,(H,34,35)/t18-/m1/s1. The van der Waals surface area contributed by atoms with Crippen LogP contribution in [0.5, 0.6) is 0 Å². The van der Waals surface area contributed by atoms with E-state index in [1.165, 1.54) is 34.0 Å². The number of benzene rings is 2. The van der Waals surface area contributed by atoms with Gasteiger partial charge < -0.3 is 9.88 Å². The van der Waals surface area contributed by atoms with Crippen LogP contribution in [0.15, 0.2) is 84.0 Å². The number of fused-ring (bicyclic) bond motifs is 1. The molecule has 41 heavy (non-hydrogen) atoms. The first-order valence-electron chi connectivity index (χ1n) is 12.5. The number of nitrogens with one attached hydrogen (secondary N) is 1. The molecule has 5 aromatic rings. The van der Waals surface area contributed by atoms with Crippen LogP contribution in [0.3, 0.4) is 0 Å². The van der Waals surface area contributed by atoms with Crippen molar-refractivity contribution in [2.45, 2.75) is 32.1 Å². The van der Waals surface area contributed by atoms with Crippen molar-refractivity contribution in [2.24, 2.45) is 0 Å². The van der Waals surface area contributed by atoms with Crippen molar-refractivity contribution >= 4 is 16.9 Å². The highest BCUT2D eigenvalue weighted by atomic mass is 19.4. The van der Waals surface area contributed by atoms with Gasteiger partial charge in [-0.05, 0) is 61.0 Å². The fourth-order valence-electron chi connectivity index (χ4n) is 4.46. The van der Waals surface area contributed by atoms with Gasteiger partial charge in [-0.15, -0.1) is 0 Å². The smallest absolute Gasteiger partial charge is 0.347 e. The highest BCUT2D eigenvalue weighted by molar-refractivity contribution is 5.79. The molecular weight excluding hydrogens is 535 g/mol. The summed E-state index contributed by atoms with van der Waals surface area (Å²) in [7, 11) is 0. The number of amides is 1. The van der Waals surface area contributed by atoms with Crippen molar-refractivity contribution in [3.8, 4) is 11.8 Å². The van der Waals surface area contributed by atoms with Gasteiger partial charge in [-0.2, -0.15) is 18.4 Å². The fraction of sp³-hybridized carbons (Fsp3) is 0.172. The average molecular weight is 558 g/mol. The minimum atomic E-state index is -4.49. The molecule has 9 nitrogen and oxygen atoms in total. The van der Waals surface area contributed by atoms with Gasteiger partial charge in [0, 0.05) is 18.6 Å². The highest BCUT2D eigenvalue weighted by Gasteiger charge is 2.31. The van der Waals surface area contributed by atoms with Crippen molar-refractivity contribution < 1.29 is 18.0 Å². The topological polar surface area (TPSA) is 121 Å². The number of H-pyrrole nitrogens is 1. The van der Waals surface area contributed by atoms with Crippen molar-refractivity contribution in [2.75, 3.05) is 0 Å². The van der Waals surface area contributed by atoms with E-state index in [2.05, 4.69) is 19.9 Å². The van der Waals surface area contributed by atoms with Crippen molar-refractivity contribution in [1.82, 2.24) is 29.4 Å². The maximum atomic E-state index is 13.7. The van der Waals surface area contributed by atoms with Crippen molar-refractivity contribution in [3.05, 3.63) is 118 Å². The zero-order valence-corrected chi connectivity index (χ0v) is 21.6. The van der Waals surface area contributed by atoms with Crippen LogP contribution in [0, 0.1) is 11.3 Å². The number of hydrogen-bond donors (Lipinski definition) is 1. The number of nitriles is 1. The van der Waals surface area contributed by atoms with E-state index in [9.17, 15) is 28.0 Å². The molecule has 1 atom stereocenters. The lowest BCUT2D eigenvalue weighted by atomic mass is 10.1. The predicted molar refractivity (Wildman–Crippen MR) is 143 cm³/mol. The molecule has 0 saturated carbocycles. The Balaban J connectivity index is 1.59. The van der Waals surface area contributed by atoms with Crippen LogP contribution < -0.4 is 5.56 Å². The summed E-state index contributed by atoms with van der Waals surface area (Å²) in [5, 5.41) is 9.49. The molecule has 206 valence electrons. The summed E-state index contributed by atoms with van der Waals surface area (Å²) in [6.07, 6.45) is -0.0538. The summed E-state index contributed by atoms with van der Waals surface area (Å²) >= 11 is 0. The maximum absolute atomic E-state index is 13.7. The van der Waals surface area contributed by atoms with E-state index < -0.39 is 29.2 Å². The molecule has 0 fully saturated rings. The van der Waals surface area contributed by atoms with Gasteiger partial charge in [0.15, 0.2) is 5.65 Å². The number of carbonyl (C=O) groups is 1. The number of nitrogens with zero attached hydrogens (tertiary/aromatic N) is 6. The van der Waals surface area contributed by atoms with Gasteiger partial charge >= 0.3 is 6.18 Å². The molecule has 5 rings (SSSR count). The van der Waals surface area contributed by atoms with E-state index in [-0.39, 0.29) is 29.8 Å². The van der Waals surface area contributed by atoms with Gasteiger partial charge in [0.05, 0.1) is 47.3 Å². The van der Waals surface area contributed by atoms with E-state index in [4.69, 9.17) is 0 Å². The predicted octanol–water partition coefficient (Wildman–Crippen LogP) is 4.73. The number of aromatic nitrogens is 5. The Morgan fingerprint density at radius 1 is 1.07 bits per heavy atom. The Bertz CT molecular complexity index is 1790. The third kappa shape index (κ3) is 5.69. The number of alkyl halides is 3. The van der Waals surface area contributed by atoms with E-state index >= 15 is 0 Å². The molecule has 3 heterocycles. The number of hydrogen-bond acceptors (Lipinski definition) is 6. The number of halogens is 3. The Morgan fingerprint density at radius 3 is 2.44 bits per heavy atom. The molecule has 0 aliphatic heterocycles. The van der Waals surface area contributed by atoms with Gasteiger partial charge in [-0.25, -0.2) is 15.0 Å². The van der Waals surface area contributed by atoms with Gasteiger partial charge in [0.25, 0.3) is 5.56 Å². The zero-order valence-electron chi connectivity index (χ0n) is 21.6. The summed E-state index contributed by atoms with van der Waals surface area (Å²) in [5.74, 6) is 0.248. The molecule has 3 aromatic heterocycles. The van der Waals surface area contributed by atoms with E-state index in [0.717, 1.165) is 12.1 Å². The van der Waals surface area contributed by atoms with E-state index in [1.54, 1.807) is 49.5 Å². The lowest BCUT2D eigenvalue weighted by Gasteiger charge is -2.30. The first-order chi connectivity index (χ1) is 19.7. The van der Waals surface area contributed by atoms with Crippen LogP contribution in [0.4, 0.5) is 13.2 Å². The summed E-state index contributed by atoms with van der Waals surface area (Å²) in [5.41, 5.74) is 0.187. The molecule has 0 aliphatic carbocycles. The van der Waals surface area contributed by atoms with Crippen LogP contribution in [0.1, 0.15) is 41.3 Å². The average Bonchev–Trinajstić information content (AvgIpc) is 3.49. The first-order valence-corrected chi connectivity index (χ1v) is 12.5. The Hall–Kier alpha value is -5.31. The Kier molecular flexibility index (Phi) is 7.35. The van der Waals surface area contributed by atoms with Gasteiger partial charge in [-0.3, -0.25) is 14.2 Å². The molecular formula is C29H22F3N7O2. The SMILES string of the molecule is C[C@H](c1nc2ncccc2c(=O)n1-c1ccc(C#N)cc1)N(Cc1ncc[nH]1)C(=O)Cc1ccc(C(F)(F)F)cc1. The summed E-state index contributed by atoms with van der Waals surface area (Å²) in [6.45, 7) is 1.71. The molecule has 0 saturated heterocycles. The summed E-state index contributed by atoms with van der Waals surface area (Å²) in [6, 6.07) is 15.2. The number of imidazole rings is 1. The minimum absolute atomic E-state index is 0.0110. The second-order valence-electron chi connectivity index (χ2n) is 9.25. The first kappa shape index (κ1) is 27.3. The van der Waals surface area contributed by atoms with Crippen LogP contribution in [-0.2, 0) is 23.9 Å². The highest BCUT2D eigenvalue weighted by Crippen LogP contribution is 2.30. The lowest BCUT2D eigenvalue weighted by Crippen LogP contribution is -2.38. The van der Waals surface area contributed by atoms with Crippen LogP contribution in [0.25, 0.3) is 16.7 Å². The second kappa shape index (κ2) is 11.1. The molecule has 0 spiro atoms. The second-order valence-corrected chi connectivity index (χ2v) is 9.25. The van der Waals surface area contributed by atoms with Crippen LogP contribution >= 0.6 is 0 Å². The van der Waals surface area contributed by atoms with Gasteiger partial charge in [-0.1, -0.05) is 12.1 Å². The third-order valence-electron chi connectivity index (χ3n) is 6.60. The molecule has 2 aromatic carbocycles. The molecule has 0 radical (unpaired) electrons. The molecule has 12 heteroatoms. The fourth-order valence-corrected chi connectivity index (χ4v) is 4.46. The number of carbonyl (C=O) groups excluding carboxylic acids is 1. The molecule has 1 amide bonds. The summed E-state index contributed by atoms with van der Waals surface area (Å²) < 4.78 is 40.5. The Morgan fingerprint density at radius 2 is 1.80 bits per heavy atom. The lowest BCUT2D eigenvalue weighted by molar-refractivity contribution is -0.137. The van der Waals surface area contributed by atoms with Gasteiger partial charge in [0.1, 0.15) is 11.6 Å². The number of pyridine rings is 1. The van der Waals surface area contributed by atoms with E-state index in [0.29, 0.717) is 22.6 Å². The van der Waals surface area contributed by atoms with Crippen molar-refractivity contribution in [1.29, 1.82) is 5.26 Å². The molecule has 0 bridgehead atoms. The largest absolute Gasteiger partial charge is 0.416 e. The van der Waals surface area contributed by atoms with Crippen LogP contribution in [-0.4, -0.2) is 35.3 Å². The maximum Gasteiger partial charge on any atom is 0.416 e. The summed E-state index contributed by atoms with van der Waals surface area (Å²) in [4.78, 5) is 45.0. The normalized spacial score (nSPS) is 12.2. The monoisotopic (exact) mass is 557 g/mol. The van der Waals surface area contributed by atoms with Crippen LogP contribution in [0.2, 0.25) is 0 Å². The Labute approximate surface area is 231 Å². The number of aromatic amines is 1. The van der Waals surface area contributed by atoms with E-state index in [1.807, 2.05) is 6.07 Å². The zero-order chi connectivity index (χ0) is 29.1. The minimum Gasteiger partial charge on any atom is -0.347 e. The molecule has 1 N–H and O–H groups in total. The quantitative estimate of drug-likeness (QED) is 0.309. The van der Waals surface area contributed by atoms with Crippen molar-refractivity contribution in [3.63, 3.8) is 0 Å². The number of rotatable bonds is 7. The third-order valence-corrected chi connectivity index (χ3v) is 6.60. The van der Waals surface area contributed by atoms with Gasteiger partial charge in [0.2, 0.25) is 5.91 Å².